The van der Waals surface area contributed by atoms with Crippen LogP contribution in [0.3, 0.4) is 0 Å². The van der Waals surface area contributed by atoms with E-state index < -0.39 is 23.9 Å². The summed E-state index contributed by atoms with van der Waals surface area (Å²) in [5, 5.41) is 34.2. The maximum atomic E-state index is 13.5. The van der Waals surface area contributed by atoms with Crippen LogP contribution in [0.5, 0.6) is 5.75 Å². The summed E-state index contributed by atoms with van der Waals surface area (Å²) in [4.78, 5) is 29.2. The summed E-state index contributed by atoms with van der Waals surface area (Å²) in [6.07, 6.45) is 6.11. The number of carbonyl (C=O) groups excluding carboxylic acids is 2. The SMILES string of the molecule is CCCC1=C([C@H](O)CC/C(=C/c2ccccc2O)CCC)[C@H](CO)[C@@H]2C(=O)N(Cc3cccs3)C(=O)[C@@H]2C1. The van der Waals surface area contributed by atoms with Crippen LogP contribution >= 0.6 is 11.3 Å². The highest BCUT2D eigenvalue weighted by molar-refractivity contribution is 7.09. The van der Waals surface area contributed by atoms with Gasteiger partial charge < -0.3 is 15.3 Å². The van der Waals surface area contributed by atoms with Crippen LogP contribution in [0.4, 0.5) is 0 Å². The summed E-state index contributed by atoms with van der Waals surface area (Å²) in [5.74, 6) is -1.85. The zero-order chi connectivity index (χ0) is 27.2. The number of imide groups is 1. The van der Waals surface area contributed by atoms with Crippen LogP contribution in [0, 0.1) is 17.8 Å². The van der Waals surface area contributed by atoms with Gasteiger partial charge in [0, 0.05) is 16.4 Å². The molecule has 2 heterocycles. The molecular formula is C31H39NO5S. The summed E-state index contributed by atoms with van der Waals surface area (Å²) in [5.41, 5.74) is 3.66. The summed E-state index contributed by atoms with van der Waals surface area (Å²) >= 11 is 1.52. The molecule has 4 atom stereocenters. The number of carbonyl (C=O) groups is 2. The number of likely N-dealkylation sites (tertiary alicyclic amines) is 1. The molecule has 6 nitrogen and oxygen atoms in total. The molecule has 1 fully saturated rings. The first-order valence-corrected chi connectivity index (χ1v) is 14.6. The molecule has 38 heavy (non-hydrogen) atoms. The van der Waals surface area contributed by atoms with E-state index in [4.69, 9.17) is 0 Å². The number of thiophene rings is 1. The Kier molecular flexibility index (Phi) is 9.58. The molecule has 204 valence electrons. The van der Waals surface area contributed by atoms with Gasteiger partial charge in [-0.25, -0.2) is 0 Å². The van der Waals surface area contributed by atoms with E-state index in [1.54, 1.807) is 12.1 Å². The van der Waals surface area contributed by atoms with Gasteiger partial charge in [0.25, 0.3) is 0 Å². The van der Waals surface area contributed by atoms with Crippen molar-refractivity contribution in [1.29, 1.82) is 0 Å². The Balaban J connectivity index is 1.57. The van der Waals surface area contributed by atoms with Crippen LogP contribution in [0.25, 0.3) is 6.08 Å². The van der Waals surface area contributed by atoms with E-state index in [1.165, 1.54) is 16.2 Å². The average molecular weight is 538 g/mol. The number of fused-ring (bicyclic) bond motifs is 1. The fourth-order valence-corrected chi connectivity index (χ4v) is 6.87. The lowest BCUT2D eigenvalue weighted by atomic mass is 9.67. The number of rotatable bonds is 12. The third-order valence-electron chi connectivity index (χ3n) is 7.88. The third-order valence-corrected chi connectivity index (χ3v) is 8.74. The molecule has 1 aromatic carbocycles. The molecule has 0 unspecified atom stereocenters. The minimum atomic E-state index is -0.812. The standard InChI is InChI=1S/C31H39NO5S/c1-3-8-20(16-21-10-5-6-12-26(21)34)13-14-27(35)28-22(9-4-2)17-24-29(25(28)19-33)31(37)32(30(24)36)18-23-11-7-15-38-23/h5-7,10-12,15-16,24-25,27,29,33-35H,3-4,8-9,13-14,17-19H2,1-2H3/b20-16+/t24-,25+,27-,29-/m1/s1. The molecule has 0 spiro atoms. The molecule has 1 aliphatic carbocycles. The number of amides is 2. The van der Waals surface area contributed by atoms with Crippen molar-refractivity contribution in [3.05, 3.63) is 68.9 Å². The van der Waals surface area contributed by atoms with Gasteiger partial charge >= 0.3 is 0 Å². The largest absolute Gasteiger partial charge is 0.507 e. The van der Waals surface area contributed by atoms with E-state index in [1.807, 2.05) is 35.7 Å². The maximum Gasteiger partial charge on any atom is 0.234 e. The Labute approximate surface area is 229 Å². The van der Waals surface area contributed by atoms with E-state index in [2.05, 4.69) is 13.8 Å². The highest BCUT2D eigenvalue weighted by atomic mass is 32.1. The molecule has 0 saturated carbocycles. The van der Waals surface area contributed by atoms with Gasteiger partial charge in [-0.2, -0.15) is 0 Å². The number of aliphatic hydroxyl groups excluding tert-OH is 2. The number of benzene rings is 1. The fourth-order valence-electron chi connectivity index (χ4n) is 6.17. The first-order valence-electron chi connectivity index (χ1n) is 13.7. The summed E-state index contributed by atoms with van der Waals surface area (Å²) < 4.78 is 0. The van der Waals surface area contributed by atoms with Crippen LogP contribution in [0.15, 0.2) is 58.5 Å². The van der Waals surface area contributed by atoms with Gasteiger partial charge in [0.05, 0.1) is 31.1 Å². The van der Waals surface area contributed by atoms with Gasteiger partial charge in [-0.15, -0.1) is 11.3 Å². The first-order chi connectivity index (χ1) is 18.4. The van der Waals surface area contributed by atoms with Crippen LogP contribution in [-0.4, -0.2) is 44.7 Å². The van der Waals surface area contributed by atoms with Crippen molar-refractivity contribution in [1.82, 2.24) is 4.90 Å². The van der Waals surface area contributed by atoms with E-state index >= 15 is 0 Å². The van der Waals surface area contributed by atoms with Gasteiger partial charge in [0.1, 0.15) is 5.75 Å². The molecule has 3 N–H and O–H groups in total. The number of allylic oxidation sites excluding steroid dienone is 2. The van der Waals surface area contributed by atoms with Crippen molar-refractivity contribution in [3.63, 3.8) is 0 Å². The maximum absolute atomic E-state index is 13.5. The van der Waals surface area contributed by atoms with Crippen molar-refractivity contribution in [3.8, 4) is 5.75 Å². The minimum absolute atomic E-state index is 0.162. The lowest BCUT2D eigenvalue weighted by Crippen LogP contribution is -2.39. The molecule has 2 aromatic rings. The van der Waals surface area contributed by atoms with Crippen LogP contribution in [0.1, 0.15) is 69.2 Å². The van der Waals surface area contributed by atoms with Gasteiger partial charge in [-0.3, -0.25) is 14.5 Å². The molecule has 0 bridgehead atoms. The Morgan fingerprint density at radius 3 is 2.55 bits per heavy atom. The molecule has 0 radical (unpaired) electrons. The minimum Gasteiger partial charge on any atom is -0.507 e. The number of nitrogens with zero attached hydrogens (tertiary/aromatic N) is 1. The van der Waals surface area contributed by atoms with Gasteiger partial charge in [0.15, 0.2) is 0 Å². The smallest absolute Gasteiger partial charge is 0.234 e. The van der Waals surface area contributed by atoms with Crippen LogP contribution < -0.4 is 0 Å². The molecular weight excluding hydrogens is 498 g/mol. The van der Waals surface area contributed by atoms with E-state index in [0.717, 1.165) is 52.8 Å². The van der Waals surface area contributed by atoms with Crippen LogP contribution in [0.2, 0.25) is 0 Å². The first kappa shape index (κ1) is 28.3. The Hall–Kier alpha value is -2.74. The molecule has 7 heteroatoms. The van der Waals surface area contributed by atoms with Crippen molar-refractivity contribution in [2.75, 3.05) is 6.61 Å². The average Bonchev–Trinajstić information content (AvgIpc) is 3.51. The lowest BCUT2D eigenvalue weighted by Gasteiger charge is -2.36. The molecule has 1 aliphatic heterocycles. The number of aromatic hydroxyl groups is 1. The van der Waals surface area contributed by atoms with Crippen LogP contribution in [-0.2, 0) is 16.1 Å². The zero-order valence-corrected chi connectivity index (χ0v) is 23.1. The van der Waals surface area contributed by atoms with Gasteiger partial charge in [-0.1, -0.05) is 68.2 Å². The number of aliphatic hydroxyl groups is 2. The normalized spacial score (nSPS) is 22.8. The number of phenols is 1. The van der Waals surface area contributed by atoms with Crippen molar-refractivity contribution >= 4 is 29.2 Å². The molecule has 2 amide bonds. The lowest BCUT2D eigenvalue weighted by molar-refractivity contribution is -0.140. The second-order valence-electron chi connectivity index (χ2n) is 10.4. The number of hydrogen-bond acceptors (Lipinski definition) is 6. The second-order valence-corrected chi connectivity index (χ2v) is 11.5. The number of para-hydroxylation sites is 1. The van der Waals surface area contributed by atoms with E-state index in [9.17, 15) is 24.9 Å². The predicted molar refractivity (Wildman–Crippen MR) is 150 cm³/mol. The molecule has 1 saturated heterocycles. The van der Waals surface area contributed by atoms with Crippen molar-refractivity contribution in [2.45, 2.75) is 71.4 Å². The molecule has 2 aliphatic rings. The Bertz CT molecular complexity index is 1180. The zero-order valence-electron chi connectivity index (χ0n) is 22.3. The Morgan fingerprint density at radius 1 is 1.11 bits per heavy atom. The fraction of sp³-hybridized carbons (Fsp3) is 0.484. The number of hydrogen-bond donors (Lipinski definition) is 3. The van der Waals surface area contributed by atoms with Crippen molar-refractivity contribution < 1.29 is 24.9 Å². The molecule has 1 aromatic heterocycles. The topological polar surface area (TPSA) is 98.1 Å². The highest BCUT2D eigenvalue weighted by Crippen LogP contribution is 2.47. The molecule has 4 rings (SSSR count). The Morgan fingerprint density at radius 2 is 1.89 bits per heavy atom. The summed E-state index contributed by atoms with van der Waals surface area (Å²) in [7, 11) is 0. The highest BCUT2D eigenvalue weighted by Gasteiger charge is 2.54. The second kappa shape index (κ2) is 12.9. The van der Waals surface area contributed by atoms with Gasteiger partial charge in [-0.05, 0) is 55.2 Å². The van der Waals surface area contributed by atoms with Gasteiger partial charge in [0.2, 0.25) is 11.8 Å². The quantitative estimate of drug-likeness (QED) is 0.239. The van der Waals surface area contributed by atoms with E-state index in [0.29, 0.717) is 19.3 Å². The monoisotopic (exact) mass is 537 g/mol. The predicted octanol–water partition coefficient (Wildman–Crippen LogP) is 5.69. The third kappa shape index (κ3) is 5.95. The number of phenolic OH excluding ortho intramolecular Hbond substituents is 1. The summed E-state index contributed by atoms with van der Waals surface area (Å²) in [6.45, 7) is 4.15. The van der Waals surface area contributed by atoms with Crippen molar-refractivity contribution in [2.24, 2.45) is 17.8 Å². The van der Waals surface area contributed by atoms with E-state index in [-0.39, 0.29) is 30.7 Å². The summed E-state index contributed by atoms with van der Waals surface area (Å²) in [6, 6.07) is 11.0.